The van der Waals surface area contributed by atoms with Crippen molar-refractivity contribution >= 4 is 29.6 Å². The molecule has 0 aliphatic carbocycles. The van der Waals surface area contributed by atoms with Gasteiger partial charge in [-0.05, 0) is 23.8 Å². The van der Waals surface area contributed by atoms with E-state index < -0.39 is 53.8 Å². The van der Waals surface area contributed by atoms with Crippen LogP contribution in [0.25, 0.3) is 0 Å². The summed E-state index contributed by atoms with van der Waals surface area (Å²) in [7, 11) is 0. The zero-order valence-electron chi connectivity index (χ0n) is 20.6. The van der Waals surface area contributed by atoms with Crippen LogP contribution in [0.1, 0.15) is 46.1 Å². The predicted octanol–water partition coefficient (Wildman–Crippen LogP) is -0.327. The van der Waals surface area contributed by atoms with E-state index >= 15 is 0 Å². The Morgan fingerprint density at radius 2 is 1.40 bits per heavy atom. The second-order valence-electron chi connectivity index (χ2n) is 9.16. The third-order valence-corrected chi connectivity index (χ3v) is 5.48. The van der Waals surface area contributed by atoms with E-state index in [1.54, 1.807) is 58.0 Å². The smallest absolute Gasteiger partial charge is 0.326 e. The molecule has 4 atom stereocenters. The topological polar surface area (TPSA) is 194 Å². The lowest BCUT2D eigenvalue weighted by Gasteiger charge is -2.27. The molecular weight excluding hydrogens is 454 g/mol. The van der Waals surface area contributed by atoms with Gasteiger partial charge in [0.2, 0.25) is 23.6 Å². The number of aliphatic carboxylic acids is 1. The van der Waals surface area contributed by atoms with Crippen molar-refractivity contribution in [3.63, 3.8) is 0 Å². The van der Waals surface area contributed by atoms with Crippen LogP contribution in [0, 0.1) is 11.8 Å². The number of carboxylic acids is 1. The number of hydrogen-bond donors (Lipinski definition) is 6. The van der Waals surface area contributed by atoms with Gasteiger partial charge in [0.15, 0.2) is 0 Å². The van der Waals surface area contributed by atoms with Crippen LogP contribution < -0.4 is 27.4 Å². The Balaban J connectivity index is 3.02. The predicted molar refractivity (Wildman–Crippen MR) is 130 cm³/mol. The van der Waals surface area contributed by atoms with E-state index in [4.69, 9.17) is 11.5 Å². The molecule has 0 fully saturated rings. The molecule has 1 rings (SSSR count). The van der Waals surface area contributed by atoms with E-state index in [0.717, 1.165) is 0 Å². The monoisotopic (exact) mass is 491 g/mol. The molecule has 0 spiro atoms. The van der Waals surface area contributed by atoms with Crippen LogP contribution in [-0.4, -0.2) is 58.9 Å². The summed E-state index contributed by atoms with van der Waals surface area (Å²) in [4.78, 5) is 61.4. The minimum atomic E-state index is -1.26. The molecule has 0 radical (unpaired) electrons. The number of primary amides is 1. The second-order valence-corrected chi connectivity index (χ2v) is 9.16. The zero-order valence-corrected chi connectivity index (χ0v) is 20.6. The van der Waals surface area contributed by atoms with Crippen molar-refractivity contribution in [2.75, 3.05) is 0 Å². The van der Waals surface area contributed by atoms with E-state index in [1.807, 2.05) is 0 Å². The molecule has 8 N–H and O–H groups in total. The first-order valence-electron chi connectivity index (χ1n) is 11.5. The molecular formula is C24H37N5O6. The minimum Gasteiger partial charge on any atom is -0.480 e. The molecule has 0 saturated carbocycles. The fraction of sp³-hybridized carbons (Fsp3) is 0.542. The van der Waals surface area contributed by atoms with Crippen molar-refractivity contribution in [1.82, 2.24) is 16.0 Å². The van der Waals surface area contributed by atoms with Crippen LogP contribution in [0.15, 0.2) is 30.3 Å². The SMILES string of the molecule is CC(C)C(N)C(=O)NC(C(=O)NC(CCC(N)=O)C(=O)NC(Cc1ccccc1)C(=O)O)C(C)C. The van der Waals surface area contributed by atoms with Gasteiger partial charge in [-0.3, -0.25) is 19.2 Å². The molecule has 0 heterocycles. The number of hydrogen-bond acceptors (Lipinski definition) is 6. The minimum absolute atomic E-state index is 0.0240. The second kappa shape index (κ2) is 14.1. The molecule has 11 heteroatoms. The highest BCUT2D eigenvalue weighted by Gasteiger charge is 2.32. The number of carbonyl (C=O) groups excluding carboxylic acids is 4. The highest BCUT2D eigenvalue weighted by molar-refractivity contribution is 5.94. The fourth-order valence-electron chi connectivity index (χ4n) is 3.23. The first-order valence-corrected chi connectivity index (χ1v) is 11.5. The van der Waals surface area contributed by atoms with Gasteiger partial charge in [0, 0.05) is 12.8 Å². The summed E-state index contributed by atoms with van der Waals surface area (Å²) in [5.74, 6) is -4.40. The third kappa shape index (κ3) is 10.1. The third-order valence-electron chi connectivity index (χ3n) is 5.48. The maximum atomic E-state index is 13.0. The van der Waals surface area contributed by atoms with E-state index in [1.165, 1.54) is 0 Å². The lowest BCUT2D eigenvalue weighted by molar-refractivity contribution is -0.142. The van der Waals surface area contributed by atoms with Gasteiger partial charge in [0.05, 0.1) is 6.04 Å². The number of carboxylic acid groups (broad SMARTS) is 1. The lowest BCUT2D eigenvalue weighted by atomic mass is 9.99. The van der Waals surface area contributed by atoms with Crippen molar-refractivity contribution in [1.29, 1.82) is 0 Å². The number of nitrogens with two attached hydrogens (primary N) is 2. The molecule has 0 aliphatic heterocycles. The van der Waals surface area contributed by atoms with Gasteiger partial charge in [0.25, 0.3) is 0 Å². The summed E-state index contributed by atoms with van der Waals surface area (Å²) < 4.78 is 0. The van der Waals surface area contributed by atoms with E-state index in [0.29, 0.717) is 5.56 Å². The van der Waals surface area contributed by atoms with Crippen molar-refractivity contribution < 1.29 is 29.1 Å². The largest absolute Gasteiger partial charge is 0.480 e. The Morgan fingerprint density at radius 3 is 1.89 bits per heavy atom. The van der Waals surface area contributed by atoms with Crippen LogP contribution in [0.2, 0.25) is 0 Å². The molecule has 1 aromatic rings. The van der Waals surface area contributed by atoms with Gasteiger partial charge in [0.1, 0.15) is 18.1 Å². The van der Waals surface area contributed by atoms with Gasteiger partial charge in [-0.25, -0.2) is 4.79 Å². The van der Waals surface area contributed by atoms with Crippen molar-refractivity contribution in [2.45, 2.75) is 71.1 Å². The molecule has 11 nitrogen and oxygen atoms in total. The van der Waals surface area contributed by atoms with Crippen LogP contribution in [0.4, 0.5) is 0 Å². The number of carbonyl (C=O) groups is 5. The summed E-state index contributed by atoms with van der Waals surface area (Å²) >= 11 is 0. The maximum Gasteiger partial charge on any atom is 0.326 e. The molecule has 4 unspecified atom stereocenters. The highest BCUT2D eigenvalue weighted by atomic mass is 16.4. The van der Waals surface area contributed by atoms with Crippen molar-refractivity contribution in [2.24, 2.45) is 23.3 Å². The Morgan fingerprint density at radius 1 is 0.829 bits per heavy atom. The number of benzene rings is 1. The van der Waals surface area contributed by atoms with E-state index in [9.17, 15) is 29.1 Å². The Hall–Kier alpha value is -3.47. The highest BCUT2D eigenvalue weighted by Crippen LogP contribution is 2.08. The van der Waals surface area contributed by atoms with Crippen molar-refractivity contribution in [3.8, 4) is 0 Å². The number of amides is 4. The summed E-state index contributed by atoms with van der Waals surface area (Å²) in [6.07, 6.45) is -0.337. The average molecular weight is 492 g/mol. The Bertz CT molecular complexity index is 890. The Kier molecular flexibility index (Phi) is 11.9. The first kappa shape index (κ1) is 29.6. The molecule has 0 saturated heterocycles. The molecule has 0 aliphatic rings. The normalized spacial score (nSPS) is 14.5. The van der Waals surface area contributed by atoms with Crippen LogP contribution in [-0.2, 0) is 30.4 Å². The summed E-state index contributed by atoms with van der Waals surface area (Å²) in [6, 6.07) is 4.40. The van der Waals surface area contributed by atoms with Gasteiger partial charge in [-0.15, -0.1) is 0 Å². The average Bonchev–Trinajstić information content (AvgIpc) is 2.78. The van der Waals surface area contributed by atoms with Crippen molar-refractivity contribution in [3.05, 3.63) is 35.9 Å². The van der Waals surface area contributed by atoms with E-state index in [-0.39, 0.29) is 31.1 Å². The molecule has 194 valence electrons. The molecule has 4 amide bonds. The summed E-state index contributed by atoms with van der Waals surface area (Å²) in [6.45, 7) is 6.97. The van der Waals surface area contributed by atoms with Crippen LogP contribution in [0.5, 0.6) is 0 Å². The molecule has 35 heavy (non-hydrogen) atoms. The van der Waals surface area contributed by atoms with Gasteiger partial charge in [-0.1, -0.05) is 58.0 Å². The Labute approximate surface area is 205 Å². The summed E-state index contributed by atoms with van der Waals surface area (Å²) in [5.41, 5.74) is 11.8. The van der Waals surface area contributed by atoms with E-state index in [2.05, 4.69) is 16.0 Å². The summed E-state index contributed by atoms with van der Waals surface area (Å²) in [5, 5.41) is 17.1. The molecule has 0 aromatic heterocycles. The van der Waals surface area contributed by atoms with Gasteiger partial charge < -0.3 is 32.5 Å². The quantitative estimate of drug-likeness (QED) is 0.205. The lowest BCUT2D eigenvalue weighted by Crippen LogP contribution is -2.59. The molecule has 1 aromatic carbocycles. The number of rotatable bonds is 14. The number of nitrogens with one attached hydrogen (secondary N) is 3. The molecule has 0 bridgehead atoms. The van der Waals surface area contributed by atoms with Gasteiger partial charge >= 0.3 is 5.97 Å². The maximum absolute atomic E-state index is 13.0. The standard InChI is InChI=1S/C24H37N5O6/c1-13(2)19(26)22(32)29-20(14(3)4)23(33)27-16(10-11-18(25)30)21(31)28-17(24(34)35)12-15-8-6-5-7-9-15/h5-9,13-14,16-17,19-20H,10-12,26H2,1-4H3,(H2,25,30)(H,27,33)(H,28,31)(H,29,32)(H,34,35). The van der Waals surface area contributed by atoms with Crippen LogP contribution in [0.3, 0.4) is 0 Å². The van der Waals surface area contributed by atoms with Gasteiger partial charge in [-0.2, -0.15) is 0 Å². The first-order chi connectivity index (χ1) is 16.3. The zero-order chi connectivity index (χ0) is 26.7. The fourth-order valence-corrected chi connectivity index (χ4v) is 3.23. The van der Waals surface area contributed by atoms with Crippen LogP contribution >= 0.6 is 0 Å².